The molecule has 84 valence electrons. The largest absolute Gasteiger partial charge is 0.462 e. The first-order valence-corrected chi connectivity index (χ1v) is 5.49. The van der Waals surface area contributed by atoms with Crippen molar-refractivity contribution in [3.8, 4) is 0 Å². The van der Waals surface area contributed by atoms with Crippen LogP contribution >= 0.6 is 0 Å². The number of esters is 1. The summed E-state index contributed by atoms with van der Waals surface area (Å²) < 4.78 is 5.30. The van der Waals surface area contributed by atoms with Crippen LogP contribution in [0.2, 0.25) is 0 Å². The minimum atomic E-state index is -0.294. The van der Waals surface area contributed by atoms with E-state index in [2.05, 4.69) is 13.8 Å². The van der Waals surface area contributed by atoms with Crippen LogP contribution in [0.4, 0.5) is 0 Å². The van der Waals surface area contributed by atoms with Gasteiger partial charge in [-0.05, 0) is 11.8 Å². The van der Waals surface area contributed by atoms with Crippen molar-refractivity contribution in [2.24, 2.45) is 16.7 Å². The molecule has 0 aromatic carbocycles. The van der Waals surface area contributed by atoms with E-state index in [0.29, 0.717) is 18.6 Å². The van der Waals surface area contributed by atoms with E-state index in [-0.39, 0.29) is 28.8 Å². The Morgan fingerprint density at radius 2 is 2.00 bits per heavy atom. The van der Waals surface area contributed by atoms with Gasteiger partial charge in [-0.15, -0.1) is 0 Å². The number of fused-ring (bicyclic) bond motifs is 2. The van der Waals surface area contributed by atoms with E-state index < -0.39 is 0 Å². The highest BCUT2D eigenvalue weighted by Gasteiger charge is 2.66. The van der Waals surface area contributed by atoms with Crippen LogP contribution in [0, 0.1) is 16.7 Å². The van der Waals surface area contributed by atoms with Crippen molar-refractivity contribution in [2.45, 2.75) is 46.6 Å². The molecule has 0 N–H and O–H groups in total. The smallest absolute Gasteiger partial charge is 0.302 e. The lowest BCUT2D eigenvalue weighted by molar-refractivity contribution is -0.151. The molecule has 2 aliphatic carbocycles. The van der Waals surface area contributed by atoms with Crippen LogP contribution in [-0.4, -0.2) is 17.9 Å². The summed E-state index contributed by atoms with van der Waals surface area (Å²) in [7, 11) is 0. The number of carbonyl (C=O) groups excluding carboxylic acids is 2. The number of Topliss-reactive ketones (excluding diaryl/α,β-unsaturated/α-hetero) is 1. The van der Waals surface area contributed by atoms with Crippen molar-refractivity contribution in [3.05, 3.63) is 0 Å². The van der Waals surface area contributed by atoms with Crippen molar-refractivity contribution in [3.63, 3.8) is 0 Å². The summed E-state index contributed by atoms with van der Waals surface area (Å²) >= 11 is 0. The molecule has 3 nitrogen and oxygen atoms in total. The third kappa shape index (κ3) is 1.18. The molecule has 0 aromatic rings. The van der Waals surface area contributed by atoms with E-state index in [4.69, 9.17) is 4.74 Å². The van der Waals surface area contributed by atoms with Gasteiger partial charge in [-0.3, -0.25) is 9.59 Å². The average molecular weight is 210 g/mol. The lowest BCUT2D eigenvalue weighted by Crippen LogP contribution is -2.33. The predicted octanol–water partition coefficient (Wildman–Crippen LogP) is 1.94. The molecule has 2 rings (SSSR count). The van der Waals surface area contributed by atoms with Crippen LogP contribution in [0.25, 0.3) is 0 Å². The highest BCUT2D eigenvalue weighted by Crippen LogP contribution is 2.64. The third-order valence-electron chi connectivity index (χ3n) is 4.75. The molecule has 3 atom stereocenters. The van der Waals surface area contributed by atoms with Crippen LogP contribution in [0.5, 0.6) is 0 Å². The van der Waals surface area contributed by atoms with Crippen LogP contribution in [0.1, 0.15) is 40.5 Å². The molecule has 0 aromatic heterocycles. The monoisotopic (exact) mass is 210 g/mol. The topological polar surface area (TPSA) is 43.4 Å². The van der Waals surface area contributed by atoms with Crippen LogP contribution in [0.3, 0.4) is 0 Å². The summed E-state index contributed by atoms with van der Waals surface area (Å²) in [5, 5.41) is 0. The van der Waals surface area contributed by atoms with Gasteiger partial charge in [0.2, 0.25) is 0 Å². The van der Waals surface area contributed by atoms with Crippen molar-refractivity contribution in [1.29, 1.82) is 0 Å². The van der Waals surface area contributed by atoms with Gasteiger partial charge >= 0.3 is 5.97 Å². The molecular weight excluding hydrogens is 192 g/mol. The molecule has 2 saturated carbocycles. The number of hydrogen-bond acceptors (Lipinski definition) is 3. The van der Waals surface area contributed by atoms with E-state index in [1.165, 1.54) is 6.92 Å². The van der Waals surface area contributed by atoms with Gasteiger partial charge in [0.05, 0.1) is 0 Å². The van der Waals surface area contributed by atoms with Crippen molar-refractivity contribution < 1.29 is 14.3 Å². The molecule has 0 amide bonds. The number of hydrogen-bond donors (Lipinski definition) is 0. The Kier molecular flexibility index (Phi) is 2.01. The van der Waals surface area contributed by atoms with Gasteiger partial charge in [-0.2, -0.15) is 0 Å². The standard InChI is InChI=1S/C12H18O3/c1-7(13)15-9-6-12(4)10(14)5-8(9)11(12,2)3/h8-9H,5-6H2,1-4H3. The Morgan fingerprint density at radius 1 is 1.40 bits per heavy atom. The Bertz CT molecular complexity index is 332. The predicted molar refractivity (Wildman–Crippen MR) is 55.2 cm³/mol. The Labute approximate surface area is 90.2 Å². The van der Waals surface area contributed by atoms with E-state index in [9.17, 15) is 9.59 Å². The first-order valence-electron chi connectivity index (χ1n) is 5.49. The second kappa shape index (κ2) is 2.83. The van der Waals surface area contributed by atoms with Crippen LogP contribution in [-0.2, 0) is 14.3 Å². The number of rotatable bonds is 1. The fourth-order valence-corrected chi connectivity index (χ4v) is 3.30. The van der Waals surface area contributed by atoms with Crippen LogP contribution < -0.4 is 0 Å². The summed E-state index contributed by atoms with van der Waals surface area (Å²) in [6, 6.07) is 0. The zero-order valence-corrected chi connectivity index (χ0v) is 9.79. The van der Waals surface area contributed by atoms with Gasteiger partial charge in [-0.1, -0.05) is 20.8 Å². The summed E-state index contributed by atoms with van der Waals surface area (Å²) in [5.74, 6) is 0.305. The lowest BCUT2D eigenvalue weighted by Gasteiger charge is -2.31. The van der Waals surface area contributed by atoms with Gasteiger partial charge in [0.15, 0.2) is 0 Å². The minimum Gasteiger partial charge on any atom is -0.462 e. The SMILES string of the molecule is CC(=O)OC1CC2(C)C(=O)CC1C2(C)C. The van der Waals surface area contributed by atoms with Crippen molar-refractivity contribution >= 4 is 11.8 Å². The first-order chi connectivity index (χ1) is 6.79. The van der Waals surface area contributed by atoms with Crippen molar-refractivity contribution in [1.82, 2.24) is 0 Å². The highest BCUT2D eigenvalue weighted by atomic mass is 16.5. The third-order valence-corrected chi connectivity index (χ3v) is 4.75. The summed E-state index contributed by atoms with van der Waals surface area (Å²) in [5.41, 5.74) is -0.331. The Balaban J connectivity index is 2.28. The molecule has 2 fully saturated rings. The molecule has 0 radical (unpaired) electrons. The molecule has 3 heteroatoms. The molecule has 2 bridgehead atoms. The molecule has 3 unspecified atom stereocenters. The molecule has 15 heavy (non-hydrogen) atoms. The van der Waals surface area contributed by atoms with Crippen LogP contribution in [0.15, 0.2) is 0 Å². The van der Waals surface area contributed by atoms with E-state index in [1.54, 1.807) is 0 Å². The van der Waals surface area contributed by atoms with E-state index >= 15 is 0 Å². The molecular formula is C12H18O3. The zero-order valence-electron chi connectivity index (χ0n) is 9.79. The molecule has 0 saturated heterocycles. The lowest BCUT2D eigenvalue weighted by atomic mass is 9.70. The first kappa shape index (κ1) is 10.7. The number of carbonyl (C=O) groups is 2. The van der Waals surface area contributed by atoms with Gasteiger partial charge in [0.25, 0.3) is 0 Å². The molecule has 0 heterocycles. The summed E-state index contributed by atoms with van der Waals surface area (Å²) in [6.45, 7) is 7.68. The van der Waals surface area contributed by atoms with Gasteiger partial charge < -0.3 is 4.74 Å². The number of ketones is 1. The maximum absolute atomic E-state index is 11.9. The fourth-order valence-electron chi connectivity index (χ4n) is 3.30. The Hall–Kier alpha value is -0.860. The maximum Gasteiger partial charge on any atom is 0.302 e. The summed E-state index contributed by atoms with van der Waals surface area (Å²) in [6.07, 6.45) is 1.21. The minimum absolute atomic E-state index is 0.0375. The van der Waals surface area contributed by atoms with E-state index in [1.807, 2.05) is 6.92 Å². The van der Waals surface area contributed by atoms with Gasteiger partial charge in [0.1, 0.15) is 11.9 Å². The molecule has 0 aliphatic heterocycles. The highest BCUT2D eigenvalue weighted by molar-refractivity contribution is 5.89. The van der Waals surface area contributed by atoms with Gasteiger partial charge in [-0.25, -0.2) is 0 Å². The Morgan fingerprint density at radius 3 is 2.33 bits per heavy atom. The quantitative estimate of drug-likeness (QED) is 0.621. The number of ether oxygens (including phenoxy) is 1. The molecule has 2 aliphatic rings. The maximum atomic E-state index is 11.9. The fraction of sp³-hybridized carbons (Fsp3) is 0.833. The summed E-state index contributed by atoms with van der Waals surface area (Å²) in [4.78, 5) is 22.8. The van der Waals surface area contributed by atoms with Crippen molar-refractivity contribution in [2.75, 3.05) is 0 Å². The normalized spacial score (nSPS) is 42.0. The zero-order chi connectivity index (χ0) is 11.4. The average Bonchev–Trinajstić information content (AvgIpc) is 2.34. The van der Waals surface area contributed by atoms with Gasteiger partial charge in [0, 0.05) is 24.7 Å². The van der Waals surface area contributed by atoms with E-state index in [0.717, 1.165) is 0 Å². The second-order valence-electron chi connectivity index (χ2n) is 5.64. The molecule has 0 spiro atoms. The second-order valence-corrected chi connectivity index (χ2v) is 5.64.